The second-order valence-electron chi connectivity index (χ2n) is 12.5. The van der Waals surface area contributed by atoms with Crippen LogP contribution in [-0.2, 0) is 0 Å². The minimum absolute atomic E-state index is 0. The van der Waals surface area contributed by atoms with Crippen LogP contribution in [0.25, 0.3) is 16.0 Å². The van der Waals surface area contributed by atoms with E-state index >= 15 is 0 Å². The first kappa shape index (κ1) is 40.3. The summed E-state index contributed by atoms with van der Waals surface area (Å²) in [5, 5.41) is 15.8. The fourth-order valence-corrected chi connectivity index (χ4v) is 9.21. The molecule has 0 aromatic carbocycles. The molecule has 0 spiro atoms. The number of rotatable bonds is 3. The first-order valence-electron chi connectivity index (χ1n) is 16.2. The van der Waals surface area contributed by atoms with E-state index < -0.39 is 0 Å². The van der Waals surface area contributed by atoms with Crippen LogP contribution in [0, 0.1) is 27.7 Å². The van der Waals surface area contributed by atoms with Crippen LogP contribution >= 0.6 is 34.0 Å². The van der Waals surface area contributed by atoms with Gasteiger partial charge in [0, 0.05) is 73.2 Å². The normalized spacial score (nSPS) is 22.1. The maximum atomic E-state index is 4.60. The molecule has 0 saturated carbocycles. The monoisotopic (exact) mass is 743 g/mol. The lowest BCUT2D eigenvalue weighted by atomic mass is 9.95. The third-order valence-electron chi connectivity index (χ3n) is 9.03. The highest BCUT2D eigenvalue weighted by atomic mass is 32.1. The highest BCUT2D eigenvalue weighted by Gasteiger charge is 2.35. The van der Waals surface area contributed by atoms with E-state index in [0.717, 1.165) is 35.3 Å². The average molecular weight is 744 g/mol. The molecule has 4 N–H and O–H groups in total. The predicted octanol–water partition coefficient (Wildman–Crippen LogP) is 6.96. The Kier molecular flexibility index (Phi) is 13.7. The topological polar surface area (TPSA) is 110 Å². The van der Waals surface area contributed by atoms with E-state index in [1.54, 1.807) is 11.3 Å². The van der Waals surface area contributed by atoms with Gasteiger partial charge < -0.3 is 0 Å². The van der Waals surface area contributed by atoms with E-state index in [2.05, 4.69) is 117 Å². The van der Waals surface area contributed by atoms with Gasteiger partial charge >= 0.3 is 0 Å². The largest absolute Gasteiger partial charge is 0.296 e. The zero-order valence-electron chi connectivity index (χ0n) is 28.1. The molecule has 2 fully saturated rings. The lowest BCUT2D eigenvalue weighted by Crippen LogP contribution is -2.43. The predicted molar refractivity (Wildman–Crippen MR) is 221 cm³/mol. The number of hydrogen-bond acceptors (Lipinski definition) is 12. The third kappa shape index (κ3) is 8.44. The van der Waals surface area contributed by atoms with E-state index in [9.17, 15) is 0 Å². The molecule has 12 heteroatoms. The van der Waals surface area contributed by atoms with E-state index in [0.29, 0.717) is 30.8 Å². The SMILES string of the molecule is C.C.C.CC1=CN=C(c2ccc(C)s2)C2NCNC12.CC1=NC=C(c2ccc(C)s2)C2NCNC12.Cc1ccc(-c2cnc(C)c3c2=NCN=3)s1. The van der Waals surface area contributed by atoms with Gasteiger partial charge in [0.2, 0.25) is 0 Å². The summed E-state index contributed by atoms with van der Waals surface area (Å²) in [6, 6.07) is 14.4. The number of aliphatic imine (C=N–C) groups is 2. The van der Waals surface area contributed by atoms with Crippen molar-refractivity contribution in [2.24, 2.45) is 20.0 Å². The first-order chi connectivity index (χ1) is 23.3. The Labute approximate surface area is 315 Å². The van der Waals surface area contributed by atoms with Crippen molar-refractivity contribution in [2.45, 2.75) is 88.0 Å². The van der Waals surface area contributed by atoms with E-state index in [-0.39, 0.29) is 22.3 Å². The molecule has 5 aliphatic rings. The van der Waals surface area contributed by atoms with Crippen LogP contribution in [0.2, 0.25) is 0 Å². The summed E-state index contributed by atoms with van der Waals surface area (Å²) in [6.45, 7) is 14.9. The Morgan fingerprint density at radius 3 is 1.80 bits per heavy atom. The highest BCUT2D eigenvalue weighted by Crippen LogP contribution is 2.31. The number of aromatic nitrogens is 1. The average Bonchev–Trinajstić information content (AvgIpc) is 3.91. The summed E-state index contributed by atoms with van der Waals surface area (Å²) in [6.07, 6.45) is 5.91. The molecular weight excluding hydrogens is 691 g/mol. The summed E-state index contributed by atoms with van der Waals surface area (Å²) >= 11 is 5.43. The van der Waals surface area contributed by atoms with Crippen LogP contribution in [0.1, 0.15) is 66.2 Å². The number of hydrogen-bond donors (Lipinski definition) is 4. The van der Waals surface area contributed by atoms with E-state index in [4.69, 9.17) is 0 Å². The molecule has 272 valence electrons. The van der Waals surface area contributed by atoms with Crippen LogP contribution in [0.4, 0.5) is 0 Å². The molecule has 4 unspecified atom stereocenters. The van der Waals surface area contributed by atoms with Gasteiger partial charge in [-0.2, -0.15) is 0 Å². The van der Waals surface area contributed by atoms with Gasteiger partial charge in [-0.15, -0.1) is 34.0 Å². The third-order valence-corrected chi connectivity index (χ3v) is 12.1. The van der Waals surface area contributed by atoms with Crippen molar-refractivity contribution in [2.75, 3.05) is 20.0 Å². The van der Waals surface area contributed by atoms with Crippen LogP contribution in [-0.4, -0.2) is 60.6 Å². The number of pyridine rings is 1. The molecule has 0 radical (unpaired) electrons. The highest BCUT2D eigenvalue weighted by molar-refractivity contribution is 7.15. The fraction of sp³-hybridized carbons (Fsp3) is 0.410. The summed E-state index contributed by atoms with van der Waals surface area (Å²) in [7, 11) is 0. The summed E-state index contributed by atoms with van der Waals surface area (Å²) in [5.41, 5.74) is 7.06. The molecule has 0 bridgehead atoms. The number of fused-ring (bicyclic) bond motifs is 3. The standard InChI is InChI=1S/2C12H15N3S.C12H11N3S.3CH4/c1-7-5-13-11(9-4-3-8(2)16-9)12-10(7)14-6-15-12;2*1-7-3-4-10(16-7)9-5-13-8(2)11-12(9)15-6-14-11;;;/h3-5,10,12,14-15H,6H2,1-2H3;3-5,11-12,14-15H,6H2,1-2H3;3-5H,6H2,1-2H3;3*1H4. The molecule has 4 atom stereocenters. The smallest absolute Gasteiger partial charge is 0.131 e. The van der Waals surface area contributed by atoms with Crippen molar-refractivity contribution in [1.29, 1.82) is 0 Å². The molecule has 9 nitrogen and oxygen atoms in total. The van der Waals surface area contributed by atoms with Gasteiger partial charge in [-0.1, -0.05) is 22.3 Å². The molecule has 4 aromatic rings. The lowest BCUT2D eigenvalue weighted by molar-refractivity contribution is 0.663. The van der Waals surface area contributed by atoms with Crippen LogP contribution < -0.4 is 32.0 Å². The van der Waals surface area contributed by atoms with Crippen molar-refractivity contribution in [3.8, 4) is 10.4 Å². The fourth-order valence-electron chi connectivity index (χ4n) is 6.51. The maximum absolute atomic E-state index is 4.60. The molecule has 51 heavy (non-hydrogen) atoms. The van der Waals surface area contributed by atoms with Crippen molar-refractivity contribution in [1.82, 2.24) is 26.3 Å². The minimum atomic E-state index is 0. The molecule has 5 aliphatic heterocycles. The van der Waals surface area contributed by atoms with E-state index in [1.807, 2.05) is 48.2 Å². The van der Waals surface area contributed by atoms with Gasteiger partial charge in [-0.3, -0.25) is 46.2 Å². The van der Waals surface area contributed by atoms with Crippen molar-refractivity contribution in [3.63, 3.8) is 0 Å². The molecule has 2 saturated heterocycles. The second-order valence-corrected chi connectivity index (χ2v) is 16.3. The Bertz CT molecular complexity index is 1990. The zero-order chi connectivity index (χ0) is 33.4. The molecular formula is C39H53N9S3. The van der Waals surface area contributed by atoms with Gasteiger partial charge in [0.1, 0.15) is 12.0 Å². The summed E-state index contributed by atoms with van der Waals surface area (Å²) in [5.74, 6) is 0. The maximum Gasteiger partial charge on any atom is 0.131 e. The number of nitrogens with zero attached hydrogens (tertiary/aromatic N) is 5. The zero-order valence-corrected chi connectivity index (χ0v) is 30.5. The van der Waals surface area contributed by atoms with Gasteiger partial charge in [-0.05, 0) is 83.5 Å². The van der Waals surface area contributed by atoms with Crippen molar-refractivity contribution in [3.05, 3.63) is 101 Å². The van der Waals surface area contributed by atoms with Gasteiger partial charge in [0.25, 0.3) is 0 Å². The van der Waals surface area contributed by atoms with Gasteiger partial charge in [0.15, 0.2) is 0 Å². The molecule has 4 aromatic heterocycles. The number of thiophene rings is 3. The summed E-state index contributed by atoms with van der Waals surface area (Å²) in [4.78, 5) is 30.1. The minimum Gasteiger partial charge on any atom is -0.296 e. The number of aryl methyl sites for hydroxylation is 4. The second kappa shape index (κ2) is 17.4. The molecule has 0 aliphatic carbocycles. The summed E-state index contributed by atoms with van der Waals surface area (Å²) < 4.78 is 0. The van der Waals surface area contributed by atoms with Crippen LogP contribution in [0.3, 0.4) is 0 Å². The molecule has 9 rings (SSSR count). The van der Waals surface area contributed by atoms with Gasteiger partial charge in [0.05, 0.1) is 45.8 Å². The van der Waals surface area contributed by atoms with E-state index in [1.165, 1.54) is 51.8 Å². The number of nitrogens with one attached hydrogen (secondary N) is 4. The molecule has 9 heterocycles. The van der Waals surface area contributed by atoms with Crippen LogP contribution in [0.5, 0.6) is 0 Å². The van der Waals surface area contributed by atoms with Gasteiger partial charge in [-0.25, -0.2) is 0 Å². The first-order valence-corrected chi connectivity index (χ1v) is 18.7. The quantitative estimate of drug-likeness (QED) is 0.182. The van der Waals surface area contributed by atoms with Crippen molar-refractivity contribution >= 4 is 51.0 Å². The Balaban J connectivity index is 0.000000167. The Morgan fingerprint density at radius 1 is 0.588 bits per heavy atom. The molecule has 0 amide bonds. The Hall–Kier alpha value is -3.49. The Morgan fingerprint density at radius 2 is 1.16 bits per heavy atom. The van der Waals surface area contributed by atoms with Crippen molar-refractivity contribution < 1.29 is 0 Å². The lowest BCUT2D eigenvalue weighted by Gasteiger charge is -2.24. The van der Waals surface area contributed by atoms with Crippen LogP contribution in [0.15, 0.2) is 80.5 Å².